The monoisotopic (exact) mass is 358 g/mol. The fourth-order valence-corrected chi connectivity index (χ4v) is 4.14. The third-order valence-electron chi connectivity index (χ3n) is 6.91. The zero-order chi connectivity index (χ0) is 18.6. The summed E-state index contributed by atoms with van der Waals surface area (Å²) in [5, 5.41) is 20.6. The van der Waals surface area contributed by atoms with Crippen LogP contribution in [0.5, 0.6) is 11.5 Å². The molecular formula is C24H38O2. The number of aryl methyl sites for hydroxylation is 2. The van der Waals surface area contributed by atoms with Gasteiger partial charge in [0.15, 0.2) is 0 Å². The Labute approximate surface area is 160 Å². The standard InChI is InChI=1S/C24H38O2/c1-23(13-14-23)11-7-4-3-5-9-19-17-21(25)18-20(22(19)26)10-6-8-12-24(2)15-16-24/h17-18,25-26H,3-16H2,1-2H3. The molecule has 2 saturated carbocycles. The summed E-state index contributed by atoms with van der Waals surface area (Å²) in [4.78, 5) is 0. The maximum Gasteiger partial charge on any atom is 0.122 e. The second-order valence-electron chi connectivity index (χ2n) is 9.86. The van der Waals surface area contributed by atoms with Gasteiger partial charge in [0.05, 0.1) is 0 Å². The van der Waals surface area contributed by atoms with Crippen LogP contribution >= 0.6 is 0 Å². The van der Waals surface area contributed by atoms with Gasteiger partial charge in [0.1, 0.15) is 11.5 Å². The predicted molar refractivity (Wildman–Crippen MR) is 109 cm³/mol. The summed E-state index contributed by atoms with van der Waals surface area (Å²) in [6, 6.07) is 3.52. The van der Waals surface area contributed by atoms with Gasteiger partial charge in [-0.3, -0.25) is 0 Å². The second kappa shape index (κ2) is 8.23. The van der Waals surface area contributed by atoms with Gasteiger partial charge in [0, 0.05) is 0 Å². The minimum Gasteiger partial charge on any atom is -0.508 e. The average Bonchev–Trinajstić information content (AvgIpc) is 3.51. The van der Waals surface area contributed by atoms with E-state index in [-0.39, 0.29) is 0 Å². The van der Waals surface area contributed by atoms with Gasteiger partial charge in [-0.15, -0.1) is 0 Å². The SMILES string of the molecule is CC1(CCCCCCc2cc(O)cc(CCCCC3(C)CC3)c2O)CC1. The van der Waals surface area contributed by atoms with Crippen LogP contribution < -0.4 is 0 Å². The Morgan fingerprint density at radius 3 is 1.62 bits per heavy atom. The van der Waals surface area contributed by atoms with Gasteiger partial charge in [0.2, 0.25) is 0 Å². The molecule has 0 amide bonds. The highest BCUT2D eigenvalue weighted by molar-refractivity contribution is 5.46. The number of rotatable bonds is 12. The van der Waals surface area contributed by atoms with Crippen molar-refractivity contribution >= 4 is 0 Å². The molecule has 26 heavy (non-hydrogen) atoms. The Kier molecular flexibility index (Phi) is 6.20. The summed E-state index contributed by atoms with van der Waals surface area (Å²) in [6.45, 7) is 4.78. The van der Waals surface area contributed by atoms with Crippen LogP contribution in [0, 0.1) is 10.8 Å². The lowest BCUT2D eigenvalue weighted by Gasteiger charge is -2.12. The van der Waals surface area contributed by atoms with Gasteiger partial charge < -0.3 is 10.2 Å². The number of benzene rings is 1. The third kappa shape index (κ3) is 5.93. The van der Waals surface area contributed by atoms with Crippen molar-refractivity contribution < 1.29 is 10.2 Å². The van der Waals surface area contributed by atoms with Gasteiger partial charge in [-0.1, -0.05) is 39.5 Å². The smallest absolute Gasteiger partial charge is 0.122 e. The average molecular weight is 359 g/mol. The molecular weight excluding hydrogens is 320 g/mol. The van der Waals surface area contributed by atoms with Crippen LogP contribution in [-0.4, -0.2) is 10.2 Å². The number of hydrogen-bond acceptors (Lipinski definition) is 2. The van der Waals surface area contributed by atoms with Gasteiger partial charge in [-0.2, -0.15) is 0 Å². The molecule has 0 aromatic heterocycles. The van der Waals surface area contributed by atoms with E-state index in [2.05, 4.69) is 13.8 Å². The summed E-state index contributed by atoms with van der Waals surface area (Å²) in [6.07, 6.45) is 17.3. The molecule has 2 nitrogen and oxygen atoms in total. The van der Waals surface area contributed by atoms with Crippen molar-refractivity contribution in [1.82, 2.24) is 0 Å². The van der Waals surface area contributed by atoms with E-state index in [0.717, 1.165) is 36.8 Å². The first-order valence-electron chi connectivity index (χ1n) is 10.9. The largest absolute Gasteiger partial charge is 0.508 e. The van der Waals surface area contributed by atoms with E-state index in [4.69, 9.17) is 0 Å². The molecule has 0 radical (unpaired) electrons. The molecule has 0 aliphatic heterocycles. The molecule has 0 unspecified atom stereocenters. The molecule has 0 atom stereocenters. The maximum atomic E-state index is 10.6. The summed E-state index contributed by atoms with van der Waals surface area (Å²) < 4.78 is 0. The number of unbranched alkanes of at least 4 members (excludes halogenated alkanes) is 4. The van der Waals surface area contributed by atoms with Crippen molar-refractivity contribution in [3.63, 3.8) is 0 Å². The van der Waals surface area contributed by atoms with E-state index >= 15 is 0 Å². The molecule has 3 rings (SSSR count). The van der Waals surface area contributed by atoms with E-state index in [9.17, 15) is 10.2 Å². The predicted octanol–water partition coefficient (Wildman–Crippen LogP) is 6.90. The molecule has 2 fully saturated rings. The Balaban J connectivity index is 1.39. The van der Waals surface area contributed by atoms with E-state index in [1.54, 1.807) is 12.1 Å². The van der Waals surface area contributed by atoms with Crippen LogP contribution in [0.3, 0.4) is 0 Å². The van der Waals surface area contributed by atoms with Crippen molar-refractivity contribution in [3.8, 4) is 11.5 Å². The molecule has 1 aromatic rings. The quantitative estimate of drug-likeness (QED) is 0.315. The lowest BCUT2D eigenvalue weighted by atomic mass is 9.96. The molecule has 2 heteroatoms. The Bertz CT molecular complexity index is 596. The van der Waals surface area contributed by atoms with Crippen LogP contribution in [0.4, 0.5) is 0 Å². The highest BCUT2D eigenvalue weighted by Gasteiger charge is 2.36. The van der Waals surface area contributed by atoms with Gasteiger partial charge >= 0.3 is 0 Å². The van der Waals surface area contributed by atoms with Gasteiger partial charge in [-0.05, 0) is 98.3 Å². The van der Waals surface area contributed by atoms with E-state index in [0.29, 0.717) is 22.3 Å². The summed E-state index contributed by atoms with van der Waals surface area (Å²) in [7, 11) is 0. The van der Waals surface area contributed by atoms with Crippen LogP contribution in [0.25, 0.3) is 0 Å². The van der Waals surface area contributed by atoms with Crippen molar-refractivity contribution in [3.05, 3.63) is 23.3 Å². The summed E-state index contributed by atoms with van der Waals surface area (Å²) >= 11 is 0. The highest BCUT2D eigenvalue weighted by atomic mass is 16.3. The van der Waals surface area contributed by atoms with Crippen LogP contribution in [-0.2, 0) is 12.8 Å². The molecule has 2 aliphatic carbocycles. The Morgan fingerprint density at radius 1 is 0.692 bits per heavy atom. The first kappa shape index (κ1) is 19.6. The fraction of sp³-hybridized carbons (Fsp3) is 0.750. The number of phenols is 2. The molecule has 2 aliphatic rings. The normalized spacial score (nSPS) is 19.5. The zero-order valence-corrected chi connectivity index (χ0v) is 16.9. The van der Waals surface area contributed by atoms with Crippen molar-refractivity contribution in [2.75, 3.05) is 0 Å². The molecule has 0 saturated heterocycles. The summed E-state index contributed by atoms with van der Waals surface area (Å²) in [5.41, 5.74) is 3.16. The first-order chi connectivity index (χ1) is 12.4. The topological polar surface area (TPSA) is 40.5 Å². The lowest BCUT2D eigenvalue weighted by molar-refractivity contribution is 0.440. The Morgan fingerprint density at radius 2 is 1.12 bits per heavy atom. The maximum absolute atomic E-state index is 10.6. The van der Waals surface area contributed by atoms with Crippen molar-refractivity contribution in [2.24, 2.45) is 10.8 Å². The number of aromatic hydroxyl groups is 2. The van der Waals surface area contributed by atoms with Crippen molar-refractivity contribution in [2.45, 2.75) is 104 Å². The van der Waals surface area contributed by atoms with E-state index < -0.39 is 0 Å². The van der Waals surface area contributed by atoms with E-state index in [1.807, 2.05) is 0 Å². The lowest BCUT2D eigenvalue weighted by Crippen LogP contribution is -1.96. The molecule has 2 N–H and O–H groups in total. The molecule has 0 spiro atoms. The van der Waals surface area contributed by atoms with Gasteiger partial charge in [0.25, 0.3) is 0 Å². The summed E-state index contributed by atoms with van der Waals surface area (Å²) in [5.74, 6) is 0.745. The number of phenolic OH excluding ortho intramolecular Hbond substituents is 2. The molecule has 1 aromatic carbocycles. The first-order valence-corrected chi connectivity index (χ1v) is 10.9. The highest BCUT2D eigenvalue weighted by Crippen LogP contribution is 2.49. The van der Waals surface area contributed by atoms with E-state index in [1.165, 1.54) is 64.2 Å². The van der Waals surface area contributed by atoms with Crippen LogP contribution in [0.15, 0.2) is 12.1 Å². The Hall–Kier alpha value is -1.18. The molecule has 146 valence electrons. The fourth-order valence-electron chi connectivity index (χ4n) is 4.14. The second-order valence-corrected chi connectivity index (χ2v) is 9.86. The van der Waals surface area contributed by atoms with Crippen LogP contribution in [0.1, 0.15) is 102 Å². The minimum atomic E-state index is 0.309. The third-order valence-corrected chi connectivity index (χ3v) is 6.91. The van der Waals surface area contributed by atoms with Gasteiger partial charge in [-0.25, -0.2) is 0 Å². The van der Waals surface area contributed by atoms with Crippen molar-refractivity contribution in [1.29, 1.82) is 0 Å². The number of hydrogen-bond donors (Lipinski definition) is 2. The molecule has 0 heterocycles. The molecule has 0 bridgehead atoms. The minimum absolute atomic E-state index is 0.309. The van der Waals surface area contributed by atoms with Crippen LogP contribution in [0.2, 0.25) is 0 Å². The zero-order valence-electron chi connectivity index (χ0n) is 16.9.